The minimum absolute atomic E-state index is 0.581. The molecule has 0 fully saturated rings. The van der Waals surface area contributed by atoms with Gasteiger partial charge in [-0.1, -0.05) is 6.07 Å². The van der Waals surface area contributed by atoms with Crippen LogP contribution in [0.25, 0.3) is 0 Å². The zero-order chi connectivity index (χ0) is 13.2. The van der Waals surface area contributed by atoms with Gasteiger partial charge >= 0.3 is 22.2 Å². The van der Waals surface area contributed by atoms with Crippen LogP contribution in [0.1, 0.15) is 20.7 Å². The Kier molecular flexibility index (Phi) is 3.34. The second-order valence-corrected chi connectivity index (χ2v) is 4.07. The van der Waals surface area contributed by atoms with Gasteiger partial charge in [-0.15, -0.1) is 0 Å². The monoisotopic (exact) mass is 261 g/mol. The second-order valence-electron chi connectivity index (χ2n) is 2.92. The van der Waals surface area contributed by atoms with Gasteiger partial charge in [0.15, 0.2) is 0 Å². The van der Waals surface area contributed by atoms with E-state index in [1.165, 1.54) is 4.72 Å². The van der Waals surface area contributed by atoms with Gasteiger partial charge in [-0.05, 0) is 12.1 Å². The topological polar surface area (TPSA) is 141 Å². The van der Waals surface area contributed by atoms with Crippen LogP contribution in [0.15, 0.2) is 18.2 Å². The number of hydrogen-bond acceptors (Lipinski definition) is 4. The van der Waals surface area contributed by atoms with Crippen molar-refractivity contribution in [1.29, 1.82) is 0 Å². The SMILES string of the molecule is O=C(O)c1cccc(C(=O)O)c1NS(=O)(=O)O. The fourth-order valence-electron chi connectivity index (χ4n) is 1.15. The van der Waals surface area contributed by atoms with E-state index in [-0.39, 0.29) is 0 Å². The highest BCUT2D eigenvalue weighted by atomic mass is 32.2. The molecule has 1 aromatic rings. The van der Waals surface area contributed by atoms with Crippen molar-refractivity contribution in [2.45, 2.75) is 0 Å². The van der Waals surface area contributed by atoms with Crippen LogP contribution in [-0.2, 0) is 10.3 Å². The number of benzene rings is 1. The Morgan fingerprint density at radius 3 is 1.76 bits per heavy atom. The van der Waals surface area contributed by atoms with Crippen LogP contribution >= 0.6 is 0 Å². The van der Waals surface area contributed by atoms with Crippen molar-refractivity contribution in [2.24, 2.45) is 0 Å². The molecule has 0 saturated heterocycles. The molecule has 8 nitrogen and oxygen atoms in total. The molecule has 0 atom stereocenters. The highest BCUT2D eigenvalue weighted by Crippen LogP contribution is 2.22. The van der Waals surface area contributed by atoms with Crippen molar-refractivity contribution in [2.75, 3.05) is 4.72 Å². The third-order valence-corrected chi connectivity index (χ3v) is 2.22. The van der Waals surface area contributed by atoms with Gasteiger partial charge in [0.2, 0.25) is 0 Å². The van der Waals surface area contributed by atoms with E-state index in [0.29, 0.717) is 0 Å². The number of aromatic carboxylic acids is 2. The van der Waals surface area contributed by atoms with E-state index in [0.717, 1.165) is 18.2 Å². The van der Waals surface area contributed by atoms with Crippen molar-refractivity contribution >= 4 is 27.9 Å². The van der Waals surface area contributed by atoms with Gasteiger partial charge in [-0.25, -0.2) is 9.59 Å². The molecule has 0 aromatic heterocycles. The molecular weight excluding hydrogens is 254 g/mol. The molecule has 1 aromatic carbocycles. The molecule has 0 aliphatic heterocycles. The van der Waals surface area contributed by atoms with Crippen LogP contribution in [0.4, 0.5) is 5.69 Å². The predicted octanol–water partition coefficient (Wildman–Crippen LogP) is 0.298. The minimum Gasteiger partial charge on any atom is -0.478 e. The van der Waals surface area contributed by atoms with Crippen LogP contribution in [0.5, 0.6) is 0 Å². The summed E-state index contributed by atoms with van der Waals surface area (Å²) in [5.41, 5.74) is -1.86. The van der Waals surface area contributed by atoms with E-state index in [4.69, 9.17) is 14.8 Å². The lowest BCUT2D eigenvalue weighted by Gasteiger charge is -2.09. The molecule has 4 N–H and O–H groups in total. The third kappa shape index (κ3) is 3.16. The summed E-state index contributed by atoms with van der Waals surface area (Å²) in [4.78, 5) is 21.5. The highest BCUT2D eigenvalue weighted by Gasteiger charge is 2.21. The second kappa shape index (κ2) is 4.39. The first-order valence-electron chi connectivity index (χ1n) is 4.07. The summed E-state index contributed by atoms with van der Waals surface area (Å²) >= 11 is 0. The Morgan fingerprint density at radius 2 is 1.47 bits per heavy atom. The summed E-state index contributed by atoms with van der Waals surface area (Å²) < 4.78 is 31.2. The number of hydrogen-bond donors (Lipinski definition) is 4. The molecule has 0 unspecified atom stereocenters. The number of para-hydroxylation sites is 1. The van der Waals surface area contributed by atoms with Crippen LogP contribution in [0.3, 0.4) is 0 Å². The molecule has 0 saturated carbocycles. The van der Waals surface area contributed by atoms with E-state index in [1.54, 1.807) is 0 Å². The maximum atomic E-state index is 10.8. The molecule has 1 rings (SSSR count). The molecule has 0 aliphatic rings. The summed E-state index contributed by atoms with van der Waals surface area (Å²) in [6, 6.07) is 3.15. The molecule has 0 aliphatic carbocycles. The number of carboxylic acid groups (broad SMARTS) is 2. The summed E-state index contributed by atoms with van der Waals surface area (Å²) in [7, 11) is -4.77. The molecule has 0 heterocycles. The van der Waals surface area contributed by atoms with Crippen LogP contribution in [0, 0.1) is 0 Å². The molecule has 17 heavy (non-hydrogen) atoms. The molecule has 0 bridgehead atoms. The predicted molar refractivity (Wildman–Crippen MR) is 55.5 cm³/mol. The lowest BCUT2D eigenvalue weighted by molar-refractivity contribution is 0.0696. The average Bonchev–Trinajstić information content (AvgIpc) is 2.14. The standard InChI is InChI=1S/C8H7NO7S/c10-7(11)4-2-1-3-5(8(12)13)6(4)9-17(14,15)16/h1-3,9H,(H,10,11)(H,12,13)(H,14,15,16). The largest absolute Gasteiger partial charge is 0.478 e. The Morgan fingerprint density at radius 1 is 1.06 bits per heavy atom. The Balaban J connectivity index is 3.49. The summed E-state index contributed by atoms with van der Waals surface area (Å²) in [6.45, 7) is 0. The lowest BCUT2D eigenvalue weighted by atomic mass is 10.1. The van der Waals surface area contributed by atoms with Gasteiger partial charge in [-0.2, -0.15) is 8.42 Å². The van der Waals surface area contributed by atoms with E-state index >= 15 is 0 Å². The smallest absolute Gasteiger partial charge is 0.357 e. The van der Waals surface area contributed by atoms with Crippen LogP contribution in [0.2, 0.25) is 0 Å². The van der Waals surface area contributed by atoms with Gasteiger partial charge in [0.1, 0.15) is 0 Å². The van der Waals surface area contributed by atoms with Crippen molar-refractivity contribution in [1.82, 2.24) is 0 Å². The first-order chi connectivity index (χ1) is 7.72. The average molecular weight is 261 g/mol. The van der Waals surface area contributed by atoms with Crippen LogP contribution < -0.4 is 4.72 Å². The minimum atomic E-state index is -4.77. The molecule has 0 spiro atoms. The summed E-state index contributed by atoms with van der Waals surface area (Å²) in [5, 5.41) is 17.5. The lowest BCUT2D eigenvalue weighted by Crippen LogP contribution is -2.17. The number of carboxylic acids is 2. The first-order valence-corrected chi connectivity index (χ1v) is 5.51. The van der Waals surface area contributed by atoms with Gasteiger partial charge in [0.05, 0.1) is 16.8 Å². The fraction of sp³-hybridized carbons (Fsp3) is 0. The normalized spacial score (nSPS) is 10.9. The van der Waals surface area contributed by atoms with E-state index in [1.807, 2.05) is 0 Å². The molecule has 0 amide bonds. The van der Waals surface area contributed by atoms with Gasteiger partial charge in [-0.3, -0.25) is 9.27 Å². The van der Waals surface area contributed by atoms with E-state index < -0.39 is 39.1 Å². The summed E-state index contributed by atoms with van der Waals surface area (Å²) in [6.07, 6.45) is 0. The zero-order valence-electron chi connectivity index (χ0n) is 8.11. The zero-order valence-corrected chi connectivity index (χ0v) is 8.93. The molecule has 0 radical (unpaired) electrons. The van der Waals surface area contributed by atoms with Crippen molar-refractivity contribution in [3.63, 3.8) is 0 Å². The van der Waals surface area contributed by atoms with Crippen LogP contribution in [-0.4, -0.2) is 35.1 Å². The van der Waals surface area contributed by atoms with E-state index in [9.17, 15) is 18.0 Å². The first kappa shape index (κ1) is 12.9. The fourth-order valence-corrected chi connectivity index (χ4v) is 1.63. The van der Waals surface area contributed by atoms with Gasteiger partial charge in [0, 0.05) is 0 Å². The molecular formula is C8H7NO7S. The van der Waals surface area contributed by atoms with Gasteiger partial charge in [0.25, 0.3) is 0 Å². The van der Waals surface area contributed by atoms with Gasteiger partial charge < -0.3 is 10.2 Å². The van der Waals surface area contributed by atoms with E-state index in [2.05, 4.69) is 0 Å². The van der Waals surface area contributed by atoms with Crippen molar-refractivity contribution < 1.29 is 32.8 Å². The molecule has 92 valence electrons. The Bertz CT molecular complexity index is 545. The Hall–Kier alpha value is -2.13. The van der Waals surface area contributed by atoms with Crippen molar-refractivity contribution in [3.05, 3.63) is 29.3 Å². The number of rotatable bonds is 4. The highest BCUT2D eigenvalue weighted by molar-refractivity contribution is 7.87. The number of carbonyl (C=O) groups is 2. The Labute approximate surface area is 95.4 Å². The maximum Gasteiger partial charge on any atom is 0.357 e. The number of anilines is 1. The quantitative estimate of drug-likeness (QED) is 0.571. The van der Waals surface area contributed by atoms with Crippen molar-refractivity contribution in [3.8, 4) is 0 Å². The number of nitrogens with one attached hydrogen (secondary N) is 1. The third-order valence-electron chi connectivity index (χ3n) is 1.76. The molecule has 9 heteroatoms. The summed E-state index contributed by atoms with van der Waals surface area (Å²) in [5.74, 6) is -3.06. The maximum absolute atomic E-state index is 10.8.